The van der Waals surface area contributed by atoms with E-state index in [2.05, 4.69) is 0 Å². The zero-order valence-electron chi connectivity index (χ0n) is 7.49. The largest absolute Gasteiger partial charge is 0.508 e. The molecule has 1 unspecified atom stereocenters. The van der Waals surface area contributed by atoms with Crippen LogP contribution in [0.1, 0.15) is 5.56 Å². The third kappa shape index (κ3) is 1.60. The van der Waals surface area contributed by atoms with Gasteiger partial charge in [0.1, 0.15) is 18.1 Å². The molecule has 1 aliphatic rings. The van der Waals surface area contributed by atoms with E-state index in [9.17, 15) is 5.11 Å². The lowest BCUT2D eigenvalue weighted by Crippen LogP contribution is -2.27. The van der Waals surface area contributed by atoms with Gasteiger partial charge in [-0.1, -0.05) is 0 Å². The molecule has 0 aromatic heterocycles. The SMILES string of the molecule is COC1COc2ccc(O)cc2C1. The van der Waals surface area contributed by atoms with Gasteiger partial charge in [0.2, 0.25) is 0 Å². The summed E-state index contributed by atoms with van der Waals surface area (Å²) in [6.07, 6.45) is 0.912. The van der Waals surface area contributed by atoms with Crippen LogP contribution in [0.3, 0.4) is 0 Å². The van der Waals surface area contributed by atoms with Crippen LogP contribution in [0, 0.1) is 0 Å². The second-order valence-corrected chi connectivity index (χ2v) is 3.16. The predicted octanol–water partition coefficient (Wildman–Crippen LogP) is 1.34. The fourth-order valence-corrected chi connectivity index (χ4v) is 1.50. The molecule has 1 heterocycles. The van der Waals surface area contributed by atoms with E-state index in [0.717, 1.165) is 17.7 Å². The van der Waals surface area contributed by atoms with Gasteiger partial charge in [0, 0.05) is 19.1 Å². The molecule has 0 fully saturated rings. The normalized spacial score (nSPS) is 20.5. The number of rotatable bonds is 1. The zero-order chi connectivity index (χ0) is 9.26. The van der Waals surface area contributed by atoms with E-state index < -0.39 is 0 Å². The van der Waals surface area contributed by atoms with Crippen LogP contribution in [-0.4, -0.2) is 24.9 Å². The summed E-state index contributed by atoms with van der Waals surface area (Å²) in [5.74, 6) is 1.13. The molecular weight excluding hydrogens is 168 g/mol. The first-order valence-electron chi connectivity index (χ1n) is 4.27. The highest BCUT2D eigenvalue weighted by Crippen LogP contribution is 2.28. The molecule has 1 N–H and O–H groups in total. The number of hydrogen-bond acceptors (Lipinski definition) is 3. The Morgan fingerprint density at radius 1 is 1.54 bits per heavy atom. The minimum absolute atomic E-state index is 0.106. The van der Waals surface area contributed by atoms with Crippen molar-refractivity contribution in [3.63, 3.8) is 0 Å². The van der Waals surface area contributed by atoms with Crippen molar-refractivity contribution in [3.05, 3.63) is 23.8 Å². The molecule has 0 radical (unpaired) electrons. The van der Waals surface area contributed by atoms with Gasteiger partial charge in [0.15, 0.2) is 0 Å². The summed E-state index contributed by atoms with van der Waals surface area (Å²) < 4.78 is 10.6. The molecule has 1 aromatic rings. The van der Waals surface area contributed by atoms with Crippen LogP contribution in [0.15, 0.2) is 18.2 Å². The van der Waals surface area contributed by atoms with Gasteiger partial charge in [-0.25, -0.2) is 0 Å². The van der Waals surface area contributed by atoms with Gasteiger partial charge in [0.05, 0.1) is 6.10 Å². The van der Waals surface area contributed by atoms with Crippen LogP contribution >= 0.6 is 0 Å². The van der Waals surface area contributed by atoms with Gasteiger partial charge in [0.25, 0.3) is 0 Å². The first-order chi connectivity index (χ1) is 6.29. The summed E-state index contributed by atoms with van der Waals surface area (Å²) in [5.41, 5.74) is 1.01. The smallest absolute Gasteiger partial charge is 0.122 e. The highest BCUT2D eigenvalue weighted by molar-refractivity contribution is 5.41. The van der Waals surface area contributed by atoms with Crippen LogP contribution in [-0.2, 0) is 11.2 Å². The number of aromatic hydroxyl groups is 1. The standard InChI is InChI=1S/C10H12O3/c1-12-9-5-7-4-8(11)2-3-10(7)13-6-9/h2-4,9,11H,5-6H2,1H3. The molecule has 3 nitrogen and oxygen atoms in total. The summed E-state index contributed by atoms with van der Waals surface area (Å²) in [7, 11) is 1.67. The lowest BCUT2D eigenvalue weighted by atomic mass is 10.0. The third-order valence-electron chi connectivity index (χ3n) is 2.25. The molecule has 1 aliphatic heterocycles. The Hall–Kier alpha value is -1.22. The van der Waals surface area contributed by atoms with Crippen molar-refractivity contribution in [3.8, 4) is 11.5 Å². The molecule has 70 valence electrons. The second kappa shape index (κ2) is 3.26. The average molecular weight is 180 g/mol. The Morgan fingerprint density at radius 3 is 3.15 bits per heavy atom. The van der Waals surface area contributed by atoms with E-state index in [1.165, 1.54) is 0 Å². The quantitative estimate of drug-likeness (QED) is 0.708. The van der Waals surface area contributed by atoms with Gasteiger partial charge in [-0.05, 0) is 18.2 Å². The Morgan fingerprint density at radius 2 is 2.38 bits per heavy atom. The summed E-state index contributed by atoms with van der Waals surface area (Å²) in [6, 6.07) is 5.14. The first kappa shape index (κ1) is 8.38. The molecule has 0 saturated carbocycles. The van der Waals surface area contributed by atoms with Crippen LogP contribution in [0.5, 0.6) is 11.5 Å². The van der Waals surface area contributed by atoms with E-state index in [0.29, 0.717) is 6.61 Å². The minimum atomic E-state index is 0.106. The van der Waals surface area contributed by atoms with Crippen LogP contribution in [0.4, 0.5) is 0 Å². The van der Waals surface area contributed by atoms with E-state index in [-0.39, 0.29) is 11.9 Å². The highest BCUT2D eigenvalue weighted by atomic mass is 16.5. The molecule has 3 heteroatoms. The lowest BCUT2D eigenvalue weighted by molar-refractivity contribution is 0.0467. The average Bonchev–Trinajstić information content (AvgIpc) is 2.16. The molecule has 0 aliphatic carbocycles. The van der Waals surface area contributed by atoms with Gasteiger partial charge in [-0.2, -0.15) is 0 Å². The first-order valence-corrected chi connectivity index (χ1v) is 4.27. The van der Waals surface area contributed by atoms with Gasteiger partial charge >= 0.3 is 0 Å². The Labute approximate surface area is 76.9 Å². The second-order valence-electron chi connectivity index (χ2n) is 3.16. The van der Waals surface area contributed by atoms with Gasteiger partial charge in [-0.15, -0.1) is 0 Å². The minimum Gasteiger partial charge on any atom is -0.508 e. The number of benzene rings is 1. The van der Waals surface area contributed by atoms with Gasteiger partial charge < -0.3 is 14.6 Å². The van der Waals surface area contributed by atoms with Crippen molar-refractivity contribution >= 4 is 0 Å². The fourth-order valence-electron chi connectivity index (χ4n) is 1.50. The number of phenolic OH excluding ortho intramolecular Hbond substituents is 1. The lowest BCUT2D eigenvalue weighted by Gasteiger charge is -2.24. The number of ether oxygens (including phenoxy) is 2. The number of methoxy groups -OCH3 is 1. The van der Waals surface area contributed by atoms with E-state index in [1.807, 2.05) is 0 Å². The molecule has 0 bridgehead atoms. The maximum absolute atomic E-state index is 9.25. The predicted molar refractivity (Wildman–Crippen MR) is 48.1 cm³/mol. The number of phenols is 1. The Balaban J connectivity index is 2.27. The number of hydrogen-bond donors (Lipinski definition) is 1. The molecule has 13 heavy (non-hydrogen) atoms. The number of fused-ring (bicyclic) bond motifs is 1. The van der Waals surface area contributed by atoms with Crippen molar-refractivity contribution in [2.45, 2.75) is 12.5 Å². The molecule has 2 rings (SSSR count). The van der Waals surface area contributed by atoms with Gasteiger partial charge in [-0.3, -0.25) is 0 Å². The van der Waals surface area contributed by atoms with Crippen LogP contribution in [0.25, 0.3) is 0 Å². The Kier molecular flexibility index (Phi) is 2.10. The molecular formula is C10H12O3. The Bertz CT molecular complexity index is 309. The highest BCUT2D eigenvalue weighted by Gasteiger charge is 2.19. The third-order valence-corrected chi connectivity index (χ3v) is 2.25. The topological polar surface area (TPSA) is 38.7 Å². The summed E-state index contributed by atoms with van der Waals surface area (Å²) in [6.45, 7) is 0.592. The monoisotopic (exact) mass is 180 g/mol. The molecule has 1 aromatic carbocycles. The summed E-state index contributed by atoms with van der Waals surface area (Å²) in [5, 5.41) is 9.25. The molecule has 0 amide bonds. The summed E-state index contributed by atoms with van der Waals surface area (Å²) in [4.78, 5) is 0. The summed E-state index contributed by atoms with van der Waals surface area (Å²) >= 11 is 0. The molecule has 1 atom stereocenters. The van der Waals surface area contributed by atoms with Crippen molar-refractivity contribution < 1.29 is 14.6 Å². The fraction of sp³-hybridized carbons (Fsp3) is 0.400. The van der Waals surface area contributed by atoms with E-state index >= 15 is 0 Å². The van der Waals surface area contributed by atoms with Crippen LogP contribution < -0.4 is 4.74 Å². The van der Waals surface area contributed by atoms with Crippen LogP contribution in [0.2, 0.25) is 0 Å². The maximum Gasteiger partial charge on any atom is 0.122 e. The maximum atomic E-state index is 9.25. The molecule has 0 spiro atoms. The van der Waals surface area contributed by atoms with Crippen molar-refractivity contribution in [2.24, 2.45) is 0 Å². The van der Waals surface area contributed by atoms with E-state index in [1.54, 1.807) is 25.3 Å². The van der Waals surface area contributed by atoms with E-state index in [4.69, 9.17) is 9.47 Å². The van der Waals surface area contributed by atoms with Crippen molar-refractivity contribution in [1.82, 2.24) is 0 Å². The van der Waals surface area contributed by atoms with Crippen molar-refractivity contribution in [1.29, 1.82) is 0 Å². The zero-order valence-corrected chi connectivity index (χ0v) is 7.49. The molecule has 0 saturated heterocycles. The van der Waals surface area contributed by atoms with Crippen molar-refractivity contribution in [2.75, 3.05) is 13.7 Å².